The number of aromatic nitrogens is 4. The number of ether oxygens (including phenoxy) is 2. The van der Waals surface area contributed by atoms with Crippen LogP contribution < -0.4 is 10.1 Å². The maximum atomic E-state index is 12.6. The number of H-pyrrole nitrogens is 1. The van der Waals surface area contributed by atoms with Gasteiger partial charge < -0.3 is 14.8 Å². The predicted molar refractivity (Wildman–Crippen MR) is 84.6 cm³/mol. The highest BCUT2D eigenvalue weighted by Crippen LogP contribution is 2.28. The lowest BCUT2D eigenvalue weighted by Crippen LogP contribution is -2.45. The van der Waals surface area contributed by atoms with E-state index < -0.39 is 0 Å². The van der Waals surface area contributed by atoms with Crippen molar-refractivity contribution in [2.75, 3.05) is 13.2 Å². The number of nitrogens with zero attached hydrogens (tertiary/aromatic N) is 3. The Morgan fingerprint density at radius 2 is 2.38 bits per heavy atom. The molecule has 128 valence electrons. The number of hydrogen-bond donors (Lipinski definition) is 2. The largest absolute Gasteiger partial charge is 0.482 e. The summed E-state index contributed by atoms with van der Waals surface area (Å²) >= 11 is 0. The smallest absolute Gasteiger partial charge is 0.269 e. The average Bonchev–Trinajstić information content (AvgIpc) is 3.26. The zero-order valence-corrected chi connectivity index (χ0v) is 13.4. The van der Waals surface area contributed by atoms with Crippen LogP contribution in [0.5, 0.6) is 5.75 Å². The minimum absolute atomic E-state index is 0.136. The van der Waals surface area contributed by atoms with Crippen LogP contribution in [0.3, 0.4) is 0 Å². The first-order chi connectivity index (χ1) is 11.8. The Balaban J connectivity index is 1.39. The van der Waals surface area contributed by atoms with Gasteiger partial charge in [0.2, 0.25) is 0 Å². The van der Waals surface area contributed by atoms with Crippen LogP contribution in [-0.4, -0.2) is 51.2 Å². The van der Waals surface area contributed by atoms with Crippen LogP contribution in [0, 0.1) is 5.92 Å². The summed E-state index contributed by atoms with van der Waals surface area (Å²) in [6.07, 6.45) is 8.44. The molecule has 0 unspecified atom stereocenters. The van der Waals surface area contributed by atoms with Gasteiger partial charge in [-0.1, -0.05) is 6.42 Å². The maximum Gasteiger partial charge on any atom is 0.269 e. The number of carbonyl (C=O) groups is 1. The molecule has 2 fully saturated rings. The van der Waals surface area contributed by atoms with E-state index in [9.17, 15) is 4.79 Å². The highest BCUT2D eigenvalue weighted by Gasteiger charge is 2.32. The summed E-state index contributed by atoms with van der Waals surface area (Å²) in [4.78, 5) is 12.6. The van der Waals surface area contributed by atoms with E-state index in [1.807, 2.05) is 0 Å². The lowest BCUT2D eigenvalue weighted by atomic mass is 9.85. The summed E-state index contributed by atoms with van der Waals surface area (Å²) in [5, 5.41) is 13.9. The standard InChI is InChI=1S/C16H21N5O3/c22-16(14-4-5-19-21(14)8-11-2-1-3-11)20-13-9-23-10-15(13)24-12-6-17-18-7-12/h4-7,11,13,15H,1-3,8-10H2,(H,17,18)(H,20,22)/t13-,15+/m0/s1. The molecule has 2 aliphatic rings. The second-order valence-corrected chi connectivity index (χ2v) is 6.40. The third-order valence-electron chi connectivity index (χ3n) is 4.71. The molecular formula is C16H21N5O3. The van der Waals surface area contributed by atoms with Crippen molar-refractivity contribution in [2.45, 2.75) is 38.0 Å². The van der Waals surface area contributed by atoms with E-state index in [0.717, 1.165) is 6.54 Å². The lowest BCUT2D eigenvalue weighted by Gasteiger charge is -2.26. The molecule has 1 aliphatic heterocycles. The molecule has 3 heterocycles. The minimum Gasteiger partial charge on any atom is -0.482 e. The van der Waals surface area contributed by atoms with Crippen LogP contribution >= 0.6 is 0 Å². The number of rotatable bonds is 6. The van der Waals surface area contributed by atoms with E-state index in [-0.39, 0.29) is 18.1 Å². The molecule has 2 N–H and O–H groups in total. The SMILES string of the molecule is O=C(N[C@H]1COC[C@H]1Oc1cn[nH]c1)c1ccnn1CC1CCC1. The van der Waals surface area contributed by atoms with Crippen molar-refractivity contribution < 1.29 is 14.3 Å². The first kappa shape index (κ1) is 15.2. The number of carbonyl (C=O) groups excluding carboxylic acids is 1. The number of amides is 1. The fourth-order valence-corrected chi connectivity index (χ4v) is 3.10. The highest BCUT2D eigenvalue weighted by atomic mass is 16.5. The van der Waals surface area contributed by atoms with Crippen LogP contribution in [0.1, 0.15) is 29.8 Å². The van der Waals surface area contributed by atoms with Crippen LogP contribution in [0.2, 0.25) is 0 Å². The molecule has 8 nitrogen and oxygen atoms in total. The molecule has 1 saturated heterocycles. The predicted octanol–water partition coefficient (Wildman–Crippen LogP) is 0.982. The maximum absolute atomic E-state index is 12.6. The van der Waals surface area contributed by atoms with Gasteiger partial charge in [-0.15, -0.1) is 0 Å². The Morgan fingerprint density at radius 3 is 3.12 bits per heavy atom. The number of aromatic amines is 1. The normalized spacial score (nSPS) is 23.8. The van der Waals surface area contributed by atoms with Gasteiger partial charge >= 0.3 is 0 Å². The van der Waals surface area contributed by atoms with Crippen LogP contribution in [0.15, 0.2) is 24.7 Å². The van der Waals surface area contributed by atoms with Gasteiger partial charge in [0.15, 0.2) is 5.75 Å². The van der Waals surface area contributed by atoms with E-state index in [2.05, 4.69) is 20.6 Å². The molecule has 0 aromatic carbocycles. The van der Waals surface area contributed by atoms with Gasteiger partial charge in [0.05, 0.1) is 31.6 Å². The molecule has 0 bridgehead atoms. The monoisotopic (exact) mass is 331 g/mol. The molecule has 0 radical (unpaired) electrons. The van der Waals surface area contributed by atoms with Gasteiger partial charge in [0.25, 0.3) is 5.91 Å². The van der Waals surface area contributed by atoms with Gasteiger partial charge in [-0.25, -0.2) is 0 Å². The molecule has 1 amide bonds. The van der Waals surface area contributed by atoms with Gasteiger partial charge in [-0.3, -0.25) is 14.6 Å². The fraction of sp³-hybridized carbons (Fsp3) is 0.562. The summed E-state index contributed by atoms with van der Waals surface area (Å²) in [5.41, 5.74) is 0.593. The van der Waals surface area contributed by atoms with Crippen molar-refractivity contribution in [2.24, 2.45) is 5.92 Å². The van der Waals surface area contributed by atoms with E-state index in [4.69, 9.17) is 9.47 Å². The summed E-state index contributed by atoms with van der Waals surface area (Å²) < 4.78 is 13.1. The van der Waals surface area contributed by atoms with E-state index in [1.54, 1.807) is 29.3 Å². The summed E-state index contributed by atoms with van der Waals surface area (Å²) in [7, 11) is 0. The zero-order valence-electron chi connectivity index (χ0n) is 13.4. The third-order valence-corrected chi connectivity index (χ3v) is 4.71. The Morgan fingerprint density at radius 1 is 1.46 bits per heavy atom. The Labute approximate surface area is 139 Å². The second-order valence-electron chi connectivity index (χ2n) is 6.40. The molecule has 4 rings (SSSR count). The van der Waals surface area contributed by atoms with Gasteiger partial charge in [-0.05, 0) is 24.8 Å². The lowest BCUT2D eigenvalue weighted by molar-refractivity contribution is 0.0890. The Bertz CT molecular complexity index is 680. The molecule has 8 heteroatoms. The summed E-state index contributed by atoms with van der Waals surface area (Å²) in [5.74, 6) is 1.14. The Hall–Kier alpha value is -2.35. The molecule has 1 aliphatic carbocycles. The van der Waals surface area contributed by atoms with Crippen molar-refractivity contribution in [3.05, 3.63) is 30.4 Å². The summed E-state index contributed by atoms with van der Waals surface area (Å²) in [6.45, 7) is 1.69. The first-order valence-electron chi connectivity index (χ1n) is 8.35. The van der Waals surface area contributed by atoms with Crippen LogP contribution in [0.4, 0.5) is 0 Å². The van der Waals surface area contributed by atoms with Gasteiger partial charge in [0, 0.05) is 12.7 Å². The fourth-order valence-electron chi connectivity index (χ4n) is 3.10. The van der Waals surface area contributed by atoms with E-state index in [0.29, 0.717) is 30.6 Å². The van der Waals surface area contributed by atoms with E-state index in [1.165, 1.54) is 19.3 Å². The van der Waals surface area contributed by atoms with E-state index >= 15 is 0 Å². The first-order valence-corrected chi connectivity index (χ1v) is 8.35. The molecule has 1 saturated carbocycles. The number of nitrogens with one attached hydrogen (secondary N) is 2. The quantitative estimate of drug-likeness (QED) is 0.823. The zero-order chi connectivity index (χ0) is 16.4. The van der Waals surface area contributed by atoms with Gasteiger partial charge in [-0.2, -0.15) is 10.2 Å². The molecular weight excluding hydrogens is 310 g/mol. The molecule has 2 aromatic rings. The van der Waals surface area contributed by atoms with Crippen molar-refractivity contribution in [1.29, 1.82) is 0 Å². The van der Waals surface area contributed by atoms with Crippen LogP contribution in [-0.2, 0) is 11.3 Å². The minimum atomic E-state index is -0.227. The topological polar surface area (TPSA) is 94.1 Å². The number of hydrogen-bond acceptors (Lipinski definition) is 5. The summed E-state index contributed by atoms with van der Waals surface area (Å²) in [6, 6.07) is 1.56. The third kappa shape index (κ3) is 3.14. The molecule has 2 atom stereocenters. The van der Waals surface area contributed by atoms with Gasteiger partial charge in [0.1, 0.15) is 11.8 Å². The Kier molecular flexibility index (Phi) is 4.20. The van der Waals surface area contributed by atoms with Crippen LogP contribution in [0.25, 0.3) is 0 Å². The average molecular weight is 331 g/mol. The highest BCUT2D eigenvalue weighted by molar-refractivity contribution is 5.92. The van der Waals surface area contributed by atoms with Crippen molar-refractivity contribution in [3.8, 4) is 5.75 Å². The molecule has 24 heavy (non-hydrogen) atoms. The van der Waals surface area contributed by atoms with Crippen molar-refractivity contribution in [3.63, 3.8) is 0 Å². The molecule has 0 spiro atoms. The van der Waals surface area contributed by atoms with Crippen molar-refractivity contribution in [1.82, 2.24) is 25.3 Å². The van der Waals surface area contributed by atoms with Crippen molar-refractivity contribution >= 4 is 5.91 Å². The molecule has 2 aromatic heterocycles. The second kappa shape index (κ2) is 6.64.